The van der Waals surface area contributed by atoms with Crippen LogP contribution < -0.4 is 11.1 Å². The summed E-state index contributed by atoms with van der Waals surface area (Å²) in [5.41, 5.74) is 3.89. The Morgan fingerprint density at radius 3 is 2.38 bits per heavy atom. The van der Waals surface area contributed by atoms with Gasteiger partial charge in [-0.25, -0.2) is 4.79 Å². The number of aliphatic hydroxyl groups is 4. The summed E-state index contributed by atoms with van der Waals surface area (Å²) in [5.74, 6) is -2.54. The van der Waals surface area contributed by atoms with Crippen molar-refractivity contribution in [1.29, 1.82) is 0 Å². The van der Waals surface area contributed by atoms with E-state index in [1.54, 1.807) is 0 Å². The van der Waals surface area contributed by atoms with Crippen molar-refractivity contribution in [1.82, 2.24) is 10.4 Å². The predicted octanol–water partition coefficient (Wildman–Crippen LogP) is -3.65. The molecule has 1 saturated heterocycles. The highest BCUT2D eigenvalue weighted by atomic mass is 16.5. The van der Waals surface area contributed by atoms with Gasteiger partial charge in [-0.2, -0.15) is 5.06 Å². The van der Waals surface area contributed by atoms with Gasteiger partial charge in [-0.15, -0.1) is 0 Å². The number of phenolic OH excluding ortho intramolecular Hbond substituents is 1. The number of carboxylic acid groups (broad SMARTS) is 1. The number of aliphatic carboxylic acids is 1. The molecule has 10 N–H and O–H groups in total. The molecule has 0 spiro atoms. The zero-order valence-electron chi connectivity index (χ0n) is 15.3. The van der Waals surface area contributed by atoms with Gasteiger partial charge in [0.2, 0.25) is 5.91 Å². The minimum absolute atomic E-state index is 0.00774. The van der Waals surface area contributed by atoms with E-state index in [2.05, 4.69) is 5.32 Å². The molecule has 6 atom stereocenters. The van der Waals surface area contributed by atoms with Crippen LogP contribution in [0.2, 0.25) is 0 Å². The van der Waals surface area contributed by atoms with Gasteiger partial charge >= 0.3 is 5.97 Å². The second-order valence-electron chi connectivity index (χ2n) is 7.02. The van der Waals surface area contributed by atoms with E-state index >= 15 is 0 Å². The zero-order chi connectivity index (χ0) is 21.9. The summed E-state index contributed by atoms with van der Waals surface area (Å²) < 4.78 is 0. The number of carboxylic acids is 1. The smallest absolute Gasteiger partial charge is 0.328 e. The molecule has 0 aromatic heterocycles. The second-order valence-corrected chi connectivity index (χ2v) is 7.02. The number of nitrogens with one attached hydrogen (secondary N) is 1. The molecule has 12 heteroatoms. The number of aromatic hydroxyl groups is 1. The summed E-state index contributed by atoms with van der Waals surface area (Å²) in [7, 11) is 0. The Labute approximate surface area is 165 Å². The van der Waals surface area contributed by atoms with Gasteiger partial charge in [0.25, 0.3) is 0 Å². The minimum atomic E-state index is -2.50. The van der Waals surface area contributed by atoms with E-state index in [-0.39, 0.29) is 17.2 Å². The van der Waals surface area contributed by atoms with Crippen molar-refractivity contribution in [2.75, 3.05) is 13.2 Å². The summed E-state index contributed by atoms with van der Waals surface area (Å²) in [6.07, 6.45) is -3.88. The normalized spacial score (nSPS) is 29.8. The highest BCUT2D eigenvalue weighted by molar-refractivity contribution is 5.87. The molecule has 1 amide bonds. The number of nitrogens with two attached hydrogens (primary N) is 1. The molecule has 0 aliphatic carbocycles. The number of phenols is 1. The standard InChI is InChI=1S/C17H25N3O9/c18-10(5-8-1-3-9(22)4-2-8)15(25)19-12(16(26)27)13-14(24)17(28,7-21)11(23)6-20(13)29/h1-4,10-14,21-24,28-29H,5-7,18H2,(H,19,25)(H,26,27). The summed E-state index contributed by atoms with van der Waals surface area (Å²) in [6, 6.07) is 0.945. The largest absolute Gasteiger partial charge is 0.508 e. The number of carbonyl (C=O) groups is 2. The average molecular weight is 415 g/mol. The summed E-state index contributed by atoms with van der Waals surface area (Å²) >= 11 is 0. The molecule has 0 bridgehead atoms. The number of hydrogen-bond acceptors (Lipinski definition) is 10. The molecular formula is C17H25N3O9. The number of rotatable bonds is 7. The number of amides is 1. The third kappa shape index (κ3) is 4.82. The van der Waals surface area contributed by atoms with Gasteiger partial charge in [0.05, 0.1) is 25.2 Å². The van der Waals surface area contributed by atoms with Crippen LogP contribution >= 0.6 is 0 Å². The van der Waals surface area contributed by atoms with Crippen LogP contribution in [0.4, 0.5) is 0 Å². The Kier molecular flexibility index (Phi) is 7.13. The molecule has 0 saturated carbocycles. The van der Waals surface area contributed by atoms with E-state index in [1.807, 2.05) is 0 Å². The third-order valence-corrected chi connectivity index (χ3v) is 5.00. The number of hydroxylamine groups is 2. The van der Waals surface area contributed by atoms with Gasteiger partial charge in [0, 0.05) is 0 Å². The first kappa shape index (κ1) is 23.0. The van der Waals surface area contributed by atoms with Crippen molar-refractivity contribution < 1.29 is 45.4 Å². The van der Waals surface area contributed by atoms with E-state index in [0.29, 0.717) is 5.56 Å². The summed E-state index contributed by atoms with van der Waals surface area (Å²) in [5, 5.41) is 70.9. The lowest BCUT2D eigenvalue weighted by atomic mass is 9.80. The minimum Gasteiger partial charge on any atom is -0.508 e. The maximum atomic E-state index is 12.4. The Bertz CT molecular complexity index is 731. The lowest BCUT2D eigenvalue weighted by Crippen LogP contribution is -2.74. The third-order valence-electron chi connectivity index (χ3n) is 5.00. The van der Waals surface area contributed by atoms with Gasteiger partial charge in [-0.1, -0.05) is 12.1 Å². The first-order chi connectivity index (χ1) is 13.5. The average Bonchev–Trinajstić information content (AvgIpc) is 2.66. The Morgan fingerprint density at radius 2 is 1.86 bits per heavy atom. The van der Waals surface area contributed by atoms with Crippen molar-refractivity contribution >= 4 is 11.9 Å². The lowest BCUT2D eigenvalue weighted by Gasteiger charge is -2.48. The highest BCUT2D eigenvalue weighted by Crippen LogP contribution is 2.28. The summed E-state index contributed by atoms with van der Waals surface area (Å²) in [4.78, 5) is 24.1. The van der Waals surface area contributed by atoms with Crippen LogP contribution in [-0.2, 0) is 16.0 Å². The van der Waals surface area contributed by atoms with Crippen LogP contribution in [0.3, 0.4) is 0 Å². The van der Waals surface area contributed by atoms with Crippen LogP contribution in [0.25, 0.3) is 0 Å². The van der Waals surface area contributed by atoms with Gasteiger partial charge < -0.3 is 46.9 Å². The van der Waals surface area contributed by atoms with Crippen molar-refractivity contribution in [2.24, 2.45) is 5.73 Å². The molecule has 1 aromatic carbocycles. The monoisotopic (exact) mass is 415 g/mol. The fourth-order valence-electron chi connectivity index (χ4n) is 3.20. The van der Waals surface area contributed by atoms with Crippen molar-refractivity contribution in [3.63, 3.8) is 0 Å². The molecule has 1 heterocycles. The molecule has 1 fully saturated rings. The van der Waals surface area contributed by atoms with E-state index in [1.165, 1.54) is 24.3 Å². The first-order valence-electron chi connectivity index (χ1n) is 8.72. The van der Waals surface area contributed by atoms with E-state index in [9.17, 15) is 45.4 Å². The Hall–Kier alpha value is -2.32. The highest BCUT2D eigenvalue weighted by Gasteiger charge is 2.56. The molecule has 2 rings (SSSR count). The van der Waals surface area contributed by atoms with Crippen LogP contribution in [0.5, 0.6) is 5.75 Å². The molecule has 6 unspecified atom stereocenters. The van der Waals surface area contributed by atoms with E-state index in [4.69, 9.17) is 5.73 Å². The van der Waals surface area contributed by atoms with Gasteiger partial charge in [0.1, 0.15) is 29.6 Å². The molecular weight excluding hydrogens is 390 g/mol. The molecule has 0 radical (unpaired) electrons. The van der Waals surface area contributed by atoms with Crippen LogP contribution in [0.15, 0.2) is 24.3 Å². The van der Waals surface area contributed by atoms with Gasteiger partial charge in [0.15, 0.2) is 0 Å². The van der Waals surface area contributed by atoms with E-state index in [0.717, 1.165) is 0 Å². The number of benzene rings is 1. The maximum Gasteiger partial charge on any atom is 0.328 e. The second kappa shape index (κ2) is 9.00. The molecule has 1 aromatic rings. The maximum absolute atomic E-state index is 12.4. The van der Waals surface area contributed by atoms with Crippen molar-refractivity contribution in [3.05, 3.63) is 29.8 Å². The van der Waals surface area contributed by atoms with E-state index < -0.39 is 61.0 Å². The SMILES string of the molecule is NC(Cc1ccc(O)cc1)C(=O)NC(C(=O)O)C1C(O)C(O)(CO)C(O)CN1O. The number of piperidine rings is 1. The van der Waals surface area contributed by atoms with Gasteiger partial charge in [-0.3, -0.25) is 4.79 Å². The number of aliphatic hydroxyl groups excluding tert-OH is 3. The zero-order valence-corrected chi connectivity index (χ0v) is 15.3. The fraction of sp³-hybridized carbons (Fsp3) is 0.529. The van der Waals surface area contributed by atoms with Crippen molar-refractivity contribution in [3.8, 4) is 5.75 Å². The van der Waals surface area contributed by atoms with Crippen LogP contribution in [-0.4, -0.2) is 102 Å². The number of hydrogen-bond donors (Lipinski definition) is 9. The number of nitrogens with zero attached hydrogens (tertiary/aromatic N) is 1. The van der Waals surface area contributed by atoms with Gasteiger partial charge in [-0.05, 0) is 24.1 Å². The lowest BCUT2D eigenvalue weighted by molar-refractivity contribution is -0.281. The Morgan fingerprint density at radius 1 is 1.28 bits per heavy atom. The topological polar surface area (TPSA) is 217 Å². The van der Waals surface area contributed by atoms with Crippen molar-refractivity contribution in [2.45, 2.75) is 42.4 Å². The first-order valence-corrected chi connectivity index (χ1v) is 8.72. The summed E-state index contributed by atoms with van der Waals surface area (Å²) in [6.45, 7) is -1.79. The molecule has 1 aliphatic heterocycles. The fourth-order valence-corrected chi connectivity index (χ4v) is 3.20. The number of β-amino-alcohol motifs (C(OH)–C–C–N with tert-alkyl or cyclic N) is 1. The molecule has 1 aliphatic rings. The molecule has 29 heavy (non-hydrogen) atoms. The van der Waals surface area contributed by atoms with Crippen LogP contribution in [0.1, 0.15) is 5.56 Å². The Balaban J connectivity index is 2.16. The number of carbonyl (C=O) groups excluding carboxylic acids is 1. The molecule has 12 nitrogen and oxygen atoms in total. The van der Waals surface area contributed by atoms with Crippen LogP contribution in [0, 0.1) is 0 Å². The predicted molar refractivity (Wildman–Crippen MR) is 95.7 cm³/mol. The quantitative estimate of drug-likeness (QED) is 0.211. The molecule has 162 valence electrons.